The van der Waals surface area contributed by atoms with Gasteiger partial charge in [0.25, 0.3) is 0 Å². The van der Waals surface area contributed by atoms with Crippen LogP contribution in [0.15, 0.2) is 6.07 Å². The second-order valence-corrected chi connectivity index (χ2v) is 6.03. The summed E-state index contributed by atoms with van der Waals surface area (Å²) in [5, 5.41) is 12.0. The summed E-state index contributed by atoms with van der Waals surface area (Å²) in [7, 11) is 0. The lowest BCUT2D eigenvalue weighted by molar-refractivity contribution is 0.282. The van der Waals surface area contributed by atoms with Crippen LogP contribution in [0.1, 0.15) is 37.8 Å². The molecule has 0 saturated heterocycles. The van der Waals surface area contributed by atoms with Crippen LogP contribution >= 0.6 is 34.5 Å². The van der Waals surface area contributed by atoms with Crippen LogP contribution in [0.3, 0.4) is 0 Å². The van der Waals surface area contributed by atoms with Crippen molar-refractivity contribution < 1.29 is 5.11 Å². The van der Waals surface area contributed by atoms with E-state index >= 15 is 0 Å². The summed E-state index contributed by atoms with van der Waals surface area (Å²) in [6.45, 7) is 3.29. The van der Waals surface area contributed by atoms with Crippen molar-refractivity contribution in [3.63, 3.8) is 0 Å². The lowest BCUT2D eigenvalue weighted by Gasteiger charge is -2.12. The van der Waals surface area contributed by atoms with E-state index in [1.165, 1.54) is 11.3 Å². The molecule has 1 unspecified atom stereocenters. The molecule has 1 aromatic heterocycles. The molecule has 0 saturated carbocycles. The Balaban J connectivity index is 2.29. The molecule has 0 radical (unpaired) electrons. The van der Waals surface area contributed by atoms with E-state index in [2.05, 4.69) is 12.2 Å². The fourth-order valence-corrected chi connectivity index (χ4v) is 3.14. The molecule has 0 spiro atoms. The highest BCUT2D eigenvalue weighted by molar-refractivity contribution is 7.20. The van der Waals surface area contributed by atoms with E-state index in [4.69, 9.17) is 28.3 Å². The molecular formula is C11H17Cl2NOS. The molecule has 0 aromatic carbocycles. The zero-order valence-electron chi connectivity index (χ0n) is 9.30. The van der Waals surface area contributed by atoms with Crippen molar-refractivity contribution in [1.29, 1.82) is 0 Å². The SMILES string of the molecule is CC(NCCCCCO)c1cc(Cl)sc1Cl. The number of aliphatic hydroxyl groups is 1. The number of unbranched alkanes of at least 4 members (excludes halogenated alkanes) is 2. The minimum absolute atomic E-state index is 0.227. The van der Waals surface area contributed by atoms with Gasteiger partial charge >= 0.3 is 0 Å². The molecule has 92 valence electrons. The number of rotatable bonds is 7. The van der Waals surface area contributed by atoms with E-state index in [-0.39, 0.29) is 12.6 Å². The Morgan fingerprint density at radius 3 is 2.69 bits per heavy atom. The molecule has 1 aromatic rings. The van der Waals surface area contributed by atoms with Crippen molar-refractivity contribution in [3.8, 4) is 0 Å². The second kappa shape index (κ2) is 7.51. The third-order valence-corrected chi connectivity index (χ3v) is 3.95. The summed E-state index contributed by atoms with van der Waals surface area (Å²) >= 11 is 13.4. The Kier molecular flexibility index (Phi) is 6.70. The van der Waals surface area contributed by atoms with Crippen molar-refractivity contribution in [1.82, 2.24) is 5.32 Å². The molecule has 1 atom stereocenters. The van der Waals surface area contributed by atoms with Crippen LogP contribution in [-0.4, -0.2) is 18.3 Å². The maximum atomic E-state index is 8.64. The van der Waals surface area contributed by atoms with Crippen LogP contribution < -0.4 is 5.32 Å². The molecule has 0 amide bonds. The number of hydrogen-bond acceptors (Lipinski definition) is 3. The Morgan fingerprint density at radius 2 is 2.12 bits per heavy atom. The van der Waals surface area contributed by atoms with Crippen LogP contribution in [-0.2, 0) is 0 Å². The Bertz CT molecular complexity index is 317. The van der Waals surface area contributed by atoms with E-state index in [9.17, 15) is 0 Å². The van der Waals surface area contributed by atoms with Crippen molar-refractivity contribution >= 4 is 34.5 Å². The summed E-state index contributed by atoms with van der Waals surface area (Å²) in [6.07, 6.45) is 3.00. The Hall–Kier alpha value is 0.200. The van der Waals surface area contributed by atoms with Gasteiger partial charge < -0.3 is 10.4 Å². The molecule has 2 N–H and O–H groups in total. The van der Waals surface area contributed by atoms with Crippen molar-refractivity contribution in [2.24, 2.45) is 0 Å². The average molecular weight is 282 g/mol. The van der Waals surface area contributed by atoms with Gasteiger partial charge in [-0.3, -0.25) is 0 Å². The highest BCUT2D eigenvalue weighted by Gasteiger charge is 2.12. The largest absolute Gasteiger partial charge is 0.396 e. The smallest absolute Gasteiger partial charge is 0.0991 e. The van der Waals surface area contributed by atoms with E-state index < -0.39 is 0 Å². The van der Waals surface area contributed by atoms with Crippen LogP contribution in [0, 0.1) is 0 Å². The number of nitrogens with one attached hydrogen (secondary N) is 1. The zero-order chi connectivity index (χ0) is 12.0. The number of thiophene rings is 1. The first kappa shape index (κ1) is 14.3. The summed E-state index contributed by atoms with van der Waals surface area (Å²) < 4.78 is 1.49. The van der Waals surface area contributed by atoms with Gasteiger partial charge in [-0.15, -0.1) is 11.3 Å². The van der Waals surface area contributed by atoms with Gasteiger partial charge in [0.1, 0.15) is 0 Å². The van der Waals surface area contributed by atoms with Crippen LogP contribution in [0.25, 0.3) is 0 Å². The third kappa shape index (κ3) is 4.60. The molecule has 1 heterocycles. The summed E-state index contributed by atoms with van der Waals surface area (Å²) in [5.41, 5.74) is 1.07. The van der Waals surface area contributed by atoms with Crippen molar-refractivity contribution in [2.75, 3.05) is 13.2 Å². The molecule has 0 aliphatic carbocycles. The Labute approximate surface area is 111 Å². The predicted octanol–water partition coefficient (Wildman–Crippen LogP) is 3.87. The molecule has 0 fully saturated rings. The molecule has 5 heteroatoms. The topological polar surface area (TPSA) is 32.3 Å². The van der Waals surface area contributed by atoms with Gasteiger partial charge in [-0.2, -0.15) is 0 Å². The Morgan fingerprint density at radius 1 is 1.38 bits per heavy atom. The third-order valence-electron chi connectivity index (χ3n) is 2.43. The predicted molar refractivity (Wildman–Crippen MR) is 71.7 cm³/mol. The standard InChI is InChI=1S/C11H17Cl2NOS/c1-8(14-5-3-2-4-6-15)9-7-10(12)16-11(9)13/h7-8,14-15H,2-6H2,1H3. The van der Waals surface area contributed by atoms with Gasteiger partial charge in [-0.05, 0) is 44.4 Å². The first-order chi connectivity index (χ1) is 7.65. The quantitative estimate of drug-likeness (QED) is 0.744. The zero-order valence-corrected chi connectivity index (χ0v) is 11.6. The first-order valence-corrected chi connectivity index (χ1v) is 7.01. The van der Waals surface area contributed by atoms with E-state index in [0.29, 0.717) is 0 Å². The minimum Gasteiger partial charge on any atom is -0.396 e. The highest BCUT2D eigenvalue weighted by Crippen LogP contribution is 2.34. The number of hydrogen-bond donors (Lipinski definition) is 2. The fourth-order valence-electron chi connectivity index (χ4n) is 1.49. The lowest BCUT2D eigenvalue weighted by Crippen LogP contribution is -2.19. The van der Waals surface area contributed by atoms with E-state index in [1.807, 2.05) is 6.07 Å². The minimum atomic E-state index is 0.227. The summed E-state index contributed by atoms with van der Waals surface area (Å²) in [6, 6.07) is 2.14. The normalized spacial score (nSPS) is 13.0. The summed E-state index contributed by atoms with van der Waals surface area (Å²) in [5.74, 6) is 0. The van der Waals surface area contributed by atoms with Gasteiger partial charge in [0.15, 0.2) is 0 Å². The van der Waals surface area contributed by atoms with Crippen LogP contribution in [0.2, 0.25) is 8.67 Å². The monoisotopic (exact) mass is 281 g/mol. The maximum Gasteiger partial charge on any atom is 0.0991 e. The van der Waals surface area contributed by atoms with E-state index in [0.717, 1.165) is 40.0 Å². The second-order valence-electron chi connectivity index (χ2n) is 3.74. The molecule has 2 nitrogen and oxygen atoms in total. The number of aliphatic hydroxyl groups excluding tert-OH is 1. The molecule has 1 rings (SSSR count). The molecule has 16 heavy (non-hydrogen) atoms. The van der Waals surface area contributed by atoms with Crippen molar-refractivity contribution in [3.05, 3.63) is 20.3 Å². The molecule has 0 aliphatic rings. The molecule has 0 bridgehead atoms. The fraction of sp³-hybridized carbons (Fsp3) is 0.636. The maximum absolute atomic E-state index is 8.64. The van der Waals surface area contributed by atoms with Gasteiger partial charge in [0.05, 0.1) is 8.67 Å². The highest BCUT2D eigenvalue weighted by atomic mass is 35.5. The van der Waals surface area contributed by atoms with Crippen LogP contribution in [0.5, 0.6) is 0 Å². The first-order valence-electron chi connectivity index (χ1n) is 5.44. The van der Waals surface area contributed by atoms with Gasteiger partial charge in [0, 0.05) is 12.6 Å². The average Bonchev–Trinajstić information content (AvgIpc) is 2.57. The number of halogens is 2. The molecule has 0 aliphatic heterocycles. The molecular weight excluding hydrogens is 265 g/mol. The van der Waals surface area contributed by atoms with Crippen molar-refractivity contribution in [2.45, 2.75) is 32.2 Å². The van der Waals surface area contributed by atoms with E-state index in [1.54, 1.807) is 0 Å². The van der Waals surface area contributed by atoms with Gasteiger partial charge in [-0.1, -0.05) is 23.2 Å². The van der Waals surface area contributed by atoms with Gasteiger partial charge in [-0.25, -0.2) is 0 Å². The lowest BCUT2D eigenvalue weighted by atomic mass is 10.1. The summed E-state index contributed by atoms with van der Waals surface area (Å²) in [4.78, 5) is 0. The van der Waals surface area contributed by atoms with Crippen LogP contribution in [0.4, 0.5) is 0 Å². The van der Waals surface area contributed by atoms with Gasteiger partial charge in [0.2, 0.25) is 0 Å².